The Bertz CT molecular complexity index is 713. The summed E-state index contributed by atoms with van der Waals surface area (Å²) >= 11 is 0. The molecular weight excluding hydrogens is 248 g/mol. The van der Waals surface area contributed by atoms with Gasteiger partial charge in [-0.05, 0) is 47.8 Å². The molecule has 0 fully saturated rings. The molecule has 0 spiro atoms. The minimum atomic E-state index is -0.398. The minimum absolute atomic E-state index is 0.130. The van der Waals surface area contributed by atoms with E-state index < -0.39 is 5.60 Å². The molecule has 100 valence electrons. The third-order valence-corrected chi connectivity index (χ3v) is 3.92. The summed E-state index contributed by atoms with van der Waals surface area (Å²) < 4.78 is 0. The van der Waals surface area contributed by atoms with Crippen LogP contribution in [0.4, 0.5) is 0 Å². The van der Waals surface area contributed by atoms with Gasteiger partial charge in [-0.1, -0.05) is 48.5 Å². The SMILES string of the molecule is CC1(C)C=C2c3ccccc3-c3ccccc3[C@@H]2OO1. The average Bonchev–Trinajstić information content (AvgIpc) is 2.46. The Hall–Kier alpha value is -1.90. The molecule has 2 aliphatic rings. The lowest BCUT2D eigenvalue weighted by molar-refractivity contribution is -0.364. The zero-order chi connectivity index (χ0) is 13.7. The highest BCUT2D eigenvalue weighted by atomic mass is 17.2. The van der Waals surface area contributed by atoms with Crippen LogP contribution >= 0.6 is 0 Å². The third-order valence-electron chi connectivity index (χ3n) is 3.92. The maximum Gasteiger partial charge on any atom is 0.144 e. The molecule has 2 heteroatoms. The van der Waals surface area contributed by atoms with Gasteiger partial charge in [-0.3, -0.25) is 0 Å². The Labute approximate surface area is 118 Å². The van der Waals surface area contributed by atoms with Gasteiger partial charge < -0.3 is 0 Å². The second-order valence-electron chi connectivity index (χ2n) is 5.90. The Kier molecular flexibility index (Phi) is 2.40. The summed E-state index contributed by atoms with van der Waals surface area (Å²) in [4.78, 5) is 11.2. The van der Waals surface area contributed by atoms with Crippen LogP contribution in [0, 0.1) is 0 Å². The first-order valence-electron chi connectivity index (χ1n) is 6.92. The van der Waals surface area contributed by atoms with Crippen LogP contribution in [-0.4, -0.2) is 5.60 Å². The summed E-state index contributed by atoms with van der Waals surface area (Å²) in [5.74, 6) is 0. The van der Waals surface area contributed by atoms with Crippen molar-refractivity contribution in [2.45, 2.75) is 25.6 Å². The van der Waals surface area contributed by atoms with Gasteiger partial charge in [-0.2, -0.15) is 0 Å². The highest BCUT2D eigenvalue weighted by Crippen LogP contribution is 2.49. The average molecular weight is 264 g/mol. The van der Waals surface area contributed by atoms with E-state index in [9.17, 15) is 0 Å². The van der Waals surface area contributed by atoms with Crippen molar-refractivity contribution in [3.8, 4) is 11.1 Å². The monoisotopic (exact) mass is 264 g/mol. The fraction of sp³-hybridized carbons (Fsp3) is 0.222. The number of benzene rings is 2. The summed E-state index contributed by atoms with van der Waals surface area (Å²) in [6, 6.07) is 16.9. The lowest BCUT2D eigenvalue weighted by atomic mass is 9.79. The van der Waals surface area contributed by atoms with Crippen molar-refractivity contribution in [2.75, 3.05) is 0 Å². The van der Waals surface area contributed by atoms with Crippen LogP contribution in [0.1, 0.15) is 31.1 Å². The summed E-state index contributed by atoms with van der Waals surface area (Å²) in [5, 5.41) is 0. The Morgan fingerprint density at radius 2 is 1.50 bits per heavy atom. The molecule has 2 nitrogen and oxygen atoms in total. The second kappa shape index (κ2) is 4.05. The summed E-state index contributed by atoms with van der Waals surface area (Å²) in [6.45, 7) is 4.03. The molecule has 0 N–H and O–H groups in total. The van der Waals surface area contributed by atoms with Crippen molar-refractivity contribution < 1.29 is 9.78 Å². The number of hydrogen-bond donors (Lipinski definition) is 0. The van der Waals surface area contributed by atoms with E-state index in [4.69, 9.17) is 9.78 Å². The van der Waals surface area contributed by atoms with E-state index in [-0.39, 0.29) is 6.10 Å². The van der Waals surface area contributed by atoms with E-state index >= 15 is 0 Å². The molecule has 1 aliphatic carbocycles. The van der Waals surface area contributed by atoms with Crippen molar-refractivity contribution in [1.29, 1.82) is 0 Å². The third kappa shape index (κ3) is 1.65. The number of rotatable bonds is 0. The van der Waals surface area contributed by atoms with Gasteiger partial charge >= 0.3 is 0 Å². The molecule has 0 unspecified atom stereocenters. The van der Waals surface area contributed by atoms with Gasteiger partial charge in [-0.15, -0.1) is 0 Å². The first-order chi connectivity index (χ1) is 9.66. The highest BCUT2D eigenvalue weighted by Gasteiger charge is 2.36. The smallest absolute Gasteiger partial charge is 0.144 e. The Morgan fingerprint density at radius 1 is 0.850 bits per heavy atom. The maximum absolute atomic E-state index is 5.71. The molecule has 1 aliphatic heterocycles. The maximum atomic E-state index is 5.71. The van der Waals surface area contributed by atoms with E-state index in [0.29, 0.717) is 0 Å². The lowest BCUT2D eigenvalue weighted by Crippen LogP contribution is -2.30. The fourth-order valence-electron chi connectivity index (χ4n) is 3.08. The molecule has 0 aromatic heterocycles. The minimum Gasteiger partial charge on any atom is -0.225 e. The molecular formula is C18H16O2. The Morgan fingerprint density at radius 3 is 2.30 bits per heavy atom. The number of fused-ring (bicyclic) bond motifs is 6. The Balaban J connectivity index is 2.04. The summed E-state index contributed by atoms with van der Waals surface area (Å²) in [6.07, 6.45) is 2.05. The molecule has 2 aromatic rings. The molecule has 0 radical (unpaired) electrons. The quantitative estimate of drug-likeness (QED) is 0.651. The van der Waals surface area contributed by atoms with E-state index in [1.165, 1.54) is 27.8 Å². The van der Waals surface area contributed by atoms with Gasteiger partial charge in [0.2, 0.25) is 0 Å². The van der Waals surface area contributed by atoms with Crippen molar-refractivity contribution >= 4 is 5.57 Å². The van der Waals surface area contributed by atoms with Gasteiger partial charge in [0.25, 0.3) is 0 Å². The zero-order valence-electron chi connectivity index (χ0n) is 11.6. The van der Waals surface area contributed by atoms with E-state index in [0.717, 1.165) is 0 Å². The van der Waals surface area contributed by atoms with Crippen LogP contribution in [0.5, 0.6) is 0 Å². The van der Waals surface area contributed by atoms with Crippen LogP contribution in [0.15, 0.2) is 54.6 Å². The first kappa shape index (κ1) is 11.9. The van der Waals surface area contributed by atoms with Gasteiger partial charge in [0.1, 0.15) is 11.7 Å². The molecule has 2 aromatic carbocycles. The predicted molar refractivity (Wildman–Crippen MR) is 78.8 cm³/mol. The highest BCUT2D eigenvalue weighted by molar-refractivity contribution is 5.90. The van der Waals surface area contributed by atoms with Crippen molar-refractivity contribution in [2.24, 2.45) is 0 Å². The van der Waals surface area contributed by atoms with Crippen molar-refractivity contribution in [3.63, 3.8) is 0 Å². The van der Waals surface area contributed by atoms with E-state index in [1.807, 2.05) is 19.9 Å². The molecule has 0 bridgehead atoms. The van der Waals surface area contributed by atoms with E-state index in [1.54, 1.807) is 0 Å². The standard InChI is InChI=1S/C18H16O2/c1-18(2)11-16-14-9-4-3-7-12(14)13-8-5-6-10-15(13)17(16)19-20-18/h3-11,17H,1-2H3/t17-/m0/s1. The normalized spacial score (nSPS) is 22.3. The summed E-state index contributed by atoms with van der Waals surface area (Å²) in [5.41, 5.74) is 5.72. The first-order valence-corrected chi connectivity index (χ1v) is 6.92. The van der Waals surface area contributed by atoms with Gasteiger partial charge in [0.05, 0.1) is 0 Å². The van der Waals surface area contributed by atoms with Gasteiger partial charge in [-0.25, -0.2) is 9.78 Å². The van der Waals surface area contributed by atoms with Crippen LogP contribution in [0.2, 0.25) is 0 Å². The summed E-state index contributed by atoms with van der Waals surface area (Å²) in [7, 11) is 0. The lowest BCUT2D eigenvalue weighted by Gasteiger charge is -2.37. The zero-order valence-corrected chi connectivity index (χ0v) is 11.6. The molecule has 0 saturated carbocycles. The van der Waals surface area contributed by atoms with Crippen LogP contribution in [-0.2, 0) is 9.78 Å². The molecule has 1 atom stereocenters. The molecule has 0 amide bonds. The topological polar surface area (TPSA) is 18.5 Å². The van der Waals surface area contributed by atoms with Crippen LogP contribution < -0.4 is 0 Å². The number of hydrogen-bond acceptors (Lipinski definition) is 2. The molecule has 20 heavy (non-hydrogen) atoms. The second-order valence-corrected chi connectivity index (χ2v) is 5.90. The molecule has 4 rings (SSSR count). The van der Waals surface area contributed by atoms with Gasteiger partial charge in [0, 0.05) is 0 Å². The van der Waals surface area contributed by atoms with Crippen LogP contribution in [0.3, 0.4) is 0 Å². The molecule has 1 heterocycles. The fourth-order valence-corrected chi connectivity index (χ4v) is 3.08. The van der Waals surface area contributed by atoms with Crippen molar-refractivity contribution in [1.82, 2.24) is 0 Å². The van der Waals surface area contributed by atoms with Crippen LogP contribution in [0.25, 0.3) is 16.7 Å². The largest absolute Gasteiger partial charge is 0.225 e. The van der Waals surface area contributed by atoms with E-state index in [2.05, 4.69) is 48.5 Å². The van der Waals surface area contributed by atoms with Crippen molar-refractivity contribution in [3.05, 3.63) is 65.7 Å². The predicted octanol–water partition coefficient (Wildman–Crippen LogP) is 4.53. The van der Waals surface area contributed by atoms with Gasteiger partial charge in [0.15, 0.2) is 0 Å². The molecule has 0 saturated heterocycles.